The fraction of sp³-hybridized carbons (Fsp3) is 0.517. The molecule has 4 aromatic rings. The van der Waals surface area contributed by atoms with Gasteiger partial charge in [-0.05, 0) is 64.8 Å². The highest BCUT2D eigenvalue weighted by atomic mass is 16.5. The molecule has 2 atom stereocenters. The van der Waals surface area contributed by atoms with Gasteiger partial charge in [0.1, 0.15) is 5.52 Å². The Morgan fingerprint density at radius 3 is 2.55 bits per heavy atom. The van der Waals surface area contributed by atoms with Crippen LogP contribution in [0.2, 0.25) is 0 Å². The van der Waals surface area contributed by atoms with Crippen molar-refractivity contribution >= 4 is 22.1 Å². The number of aryl methyl sites for hydroxylation is 1. The van der Waals surface area contributed by atoms with Gasteiger partial charge in [0.2, 0.25) is 0 Å². The molecule has 1 aliphatic heterocycles. The summed E-state index contributed by atoms with van der Waals surface area (Å²) in [7, 11) is 1.74. The first kappa shape index (κ1) is 26.5. The molecular formula is C29H38N6O3. The number of imidazole rings is 1. The van der Waals surface area contributed by atoms with Crippen LogP contribution >= 0.6 is 0 Å². The first-order chi connectivity index (χ1) is 18.2. The van der Waals surface area contributed by atoms with Crippen LogP contribution in [0, 0.1) is 0 Å². The average molecular weight is 519 g/mol. The Labute approximate surface area is 223 Å². The number of hydrogen-bond donors (Lipinski definition) is 0. The van der Waals surface area contributed by atoms with Gasteiger partial charge < -0.3 is 9.47 Å². The molecule has 0 radical (unpaired) electrons. The van der Waals surface area contributed by atoms with Crippen LogP contribution in [0.3, 0.4) is 0 Å². The molecule has 1 aliphatic rings. The van der Waals surface area contributed by atoms with Crippen LogP contribution < -0.4 is 5.69 Å². The lowest BCUT2D eigenvalue weighted by molar-refractivity contribution is 0.00937. The minimum absolute atomic E-state index is 0.00460. The molecule has 202 valence electrons. The molecule has 38 heavy (non-hydrogen) atoms. The molecule has 9 heteroatoms. The molecule has 4 heterocycles. The number of hydrogen-bond acceptors (Lipinski definition) is 7. The zero-order valence-electron chi connectivity index (χ0n) is 23.2. The first-order valence-corrected chi connectivity index (χ1v) is 13.6. The van der Waals surface area contributed by atoms with Gasteiger partial charge in [-0.25, -0.2) is 4.79 Å². The van der Waals surface area contributed by atoms with Gasteiger partial charge in [-0.2, -0.15) is 0 Å². The van der Waals surface area contributed by atoms with E-state index in [0.29, 0.717) is 18.4 Å². The van der Waals surface area contributed by atoms with Crippen molar-refractivity contribution in [1.29, 1.82) is 0 Å². The SMILES string of the molecule is CC(C)O[C@@H]1CCN(CCO[C@H](C)c2ccc(-c3ccc4nnc5c(c4c3)n(C(C)C)c(=O)n5C)cn2)C1. The Balaban J connectivity index is 1.29. The van der Waals surface area contributed by atoms with E-state index < -0.39 is 0 Å². The van der Waals surface area contributed by atoms with Crippen molar-refractivity contribution in [1.82, 2.24) is 29.2 Å². The van der Waals surface area contributed by atoms with Crippen LogP contribution in [-0.2, 0) is 16.5 Å². The lowest BCUT2D eigenvalue weighted by Gasteiger charge is -2.19. The van der Waals surface area contributed by atoms with Crippen molar-refractivity contribution in [3.63, 3.8) is 0 Å². The number of benzene rings is 1. The molecule has 1 saturated heterocycles. The highest BCUT2D eigenvalue weighted by Crippen LogP contribution is 2.29. The molecule has 3 aromatic heterocycles. The molecule has 1 fully saturated rings. The Morgan fingerprint density at radius 1 is 1.05 bits per heavy atom. The predicted octanol–water partition coefficient (Wildman–Crippen LogP) is 4.50. The van der Waals surface area contributed by atoms with Gasteiger partial charge in [-0.3, -0.25) is 19.0 Å². The van der Waals surface area contributed by atoms with E-state index in [1.165, 1.54) is 0 Å². The Kier molecular flexibility index (Phi) is 7.61. The lowest BCUT2D eigenvalue weighted by Crippen LogP contribution is -2.28. The first-order valence-electron chi connectivity index (χ1n) is 13.6. The molecule has 0 bridgehead atoms. The fourth-order valence-electron chi connectivity index (χ4n) is 5.31. The summed E-state index contributed by atoms with van der Waals surface area (Å²) in [6, 6.07) is 10.2. The quantitative estimate of drug-likeness (QED) is 0.322. The third kappa shape index (κ3) is 5.23. The van der Waals surface area contributed by atoms with E-state index in [1.807, 2.05) is 45.2 Å². The molecule has 0 amide bonds. The zero-order chi connectivity index (χ0) is 27.0. The summed E-state index contributed by atoms with van der Waals surface area (Å²) in [6.07, 6.45) is 3.49. The normalized spacial score (nSPS) is 17.4. The standard InChI is InChI=1S/C29H38N6O3/c1-18(2)35-27-24-15-21(7-10-26(24)31-32-28(27)33(6)29(35)36)22-8-9-25(30-16-22)20(5)37-14-13-34-12-11-23(17-34)38-19(3)4/h7-10,15-16,18-20,23H,11-14,17H2,1-6H3/t20-,23-/m1/s1. The van der Waals surface area contributed by atoms with Gasteiger partial charge in [0, 0.05) is 49.9 Å². The zero-order valence-corrected chi connectivity index (χ0v) is 23.2. The number of aromatic nitrogens is 5. The van der Waals surface area contributed by atoms with Crippen LogP contribution in [0.1, 0.15) is 58.9 Å². The average Bonchev–Trinajstić information content (AvgIpc) is 3.44. The van der Waals surface area contributed by atoms with Gasteiger partial charge in [-0.1, -0.05) is 12.1 Å². The largest absolute Gasteiger partial charge is 0.374 e. The van der Waals surface area contributed by atoms with E-state index in [1.54, 1.807) is 16.2 Å². The number of ether oxygens (including phenoxy) is 2. The number of nitrogens with zero attached hydrogens (tertiary/aromatic N) is 6. The van der Waals surface area contributed by atoms with Crippen LogP contribution in [-0.4, -0.2) is 67.7 Å². The number of pyridine rings is 1. The predicted molar refractivity (Wildman–Crippen MR) is 149 cm³/mol. The maximum Gasteiger partial charge on any atom is 0.330 e. The van der Waals surface area contributed by atoms with E-state index in [2.05, 4.69) is 41.1 Å². The number of rotatable bonds is 9. The van der Waals surface area contributed by atoms with Crippen molar-refractivity contribution in [3.05, 3.63) is 52.7 Å². The lowest BCUT2D eigenvalue weighted by atomic mass is 10.0. The second-order valence-electron chi connectivity index (χ2n) is 10.8. The summed E-state index contributed by atoms with van der Waals surface area (Å²) < 4.78 is 15.4. The van der Waals surface area contributed by atoms with Gasteiger partial charge in [0.15, 0.2) is 5.65 Å². The molecule has 1 aromatic carbocycles. The summed E-state index contributed by atoms with van der Waals surface area (Å²) >= 11 is 0. The summed E-state index contributed by atoms with van der Waals surface area (Å²) in [6.45, 7) is 13.8. The third-order valence-electron chi connectivity index (χ3n) is 7.29. The molecule has 0 N–H and O–H groups in total. The molecule has 0 saturated carbocycles. The molecular weight excluding hydrogens is 480 g/mol. The van der Waals surface area contributed by atoms with Crippen LogP contribution in [0.5, 0.6) is 0 Å². The van der Waals surface area contributed by atoms with Gasteiger partial charge in [-0.15, -0.1) is 10.2 Å². The highest BCUT2D eigenvalue weighted by molar-refractivity contribution is 6.02. The van der Waals surface area contributed by atoms with Crippen molar-refractivity contribution in [2.75, 3.05) is 26.2 Å². The molecule has 5 rings (SSSR count). The van der Waals surface area contributed by atoms with Crippen molar-refractivity contribution in [3.8, 4) is 11.1 Å². The van der Waals surface area contributed by atoms with Crippen LogP contribution in [0.25, 0.3) is 33.2 Å². The second kappa shape index (κ2) is 10.9. The van der Waals surface area contributed by atoms with E-state index in [0.717, 1.165) is 59.3 Å². The fourth-order valence-corrected chi connectivity index (χ4v) is 5.31. The monoisotopic (exact) mass is 518 g/mol. The van der Waals surface area contributed by atoms with Crippen LogP contribution in [0.4, 0.5) is 0 Å². The molecule has 0 unspecified atom stereocenters. The summed E-state index contributed by atoms with van der Waals surface area (Å²) in [5, 5.41) is 9.60. The van der Waals surface area contributed by atoms with Gasteiger partial charge >= 0.3 is 5.69 Å². The topological polar surface area (TPSA) is 87.3 Å². The second-order valence-corrected chi connectivity index (χ2v) is 10.8. The minimum atomic E-state index is -0.0920. The Morgan fingerprint density at radius 2 is 1.84 bits per heavy atom. The number of likely N-dealkylation sites (tertiary alicyclic amines) is 1. The highest BCUT2D eigenvalue weighted by Gasteiger charge is 2.24. The van der Waals surface area contributed by atoms with Crippen molar-refractivity contribution in [2.45, 2.75) is 65.4 Å². The molecule has 9 nitrogen and oxygen atoms in total. The summed E-state index contributed by atoms with van der Waals surface area (Å²) in [5.41, 5.74) is 4.98. The maximum absolute atomic E-state index is 12.9. The maximum atomic E-state index is 12.9. The third-order valence-corrected chi connectivity index (χ3v) is 7.29. The van der Waals surface area contributed by atoms with E-state index in [4.69, 9.17) is 14.5 Å². The number of fused-ring (bicyclic) bond motifs is 3. The molecule has 0 spiro atoms. The van der Waals surface area contributed by atoms with E-state index >= 15 is 0 Å². The summed E-state index contributed by atoms with van der Waals surface area (Å²) in [5.74, 6) is 0. The Hall–Kier alpha value is -3.14. The summed E-state index contributed by atoms with van der Waals surface area (Å²) in [4.78, 5) is 20.0. The van der Waals surface area contributed by atoms with Crippen molar-refractivity contribution < 1.29 is 9.47 Å². The van der Waals surface area contributed by atoms with Gasteiger partial charge in [0.05, 0.1) is 36.1 Å². The minimum Gasteiger partial charge on any atom is -0.374 e. The van der Waals surface area contributed by atoms with E-state index in [-0.39, 0.29) is 23.9 Å². The molecule has 0 aliphatic carbocycles. The van der Waals surface area contributed by atoms with Gasteiger partial charge in [0.25, 0.3) is 0 Å². The van der Waals surface area contributed by atoms with E-state index in [9.17, 15) is 4.79 Å². The Bertz CT molecular complexity index is 1470. The van der Waals surface area contributed by atoms with Crippen molar-refractivity contribution in [2.24, 2.45) is 7.05 Å². The van der Waals surface area contributed by atoms with Crippen LogP contribution in [0.15, 0.2) is 41.3 Å². The smallest absolute Gasteiger partial charge is 0.330 e.